The van der Waals surface area contributed by atoms with Crippen LogP contribution >= 0.6 is 0 Å². The van der Waals surface area contributed by atoms with Gasteiger partial charge in [0.1, 0.15) is 0 Å². The summed E-state index contributed by atoms with van der Waals surface area (Å²) in [7, 11) is 0. The first kappa shape index (κ1) is 20.3. The second-order valence-electron chi connectivity index (χ2n) is 8.31. The van der Waals surface area contributed by atoms with Gasteiger partial charge in [0.05, 0.1) is 0 Å². The minimum Gasteiger partial charge on any atom is -0.356 e. The number of hydrogen-bond donors (Lipinski definition) is 1. The minimum absolute atomic E-state index is 0.0759. The smallest absolute Gasteiger partial charge is 0.220 e. The van der Waals surface area contributed by atoms with Gasteiger partial charge in [0, 0.05) is 30.8 Å². The Morgan fingerprint density at radius 3 is 2.27 bits per heavy atom. The van der Waals surface area contributed by atoms with Crippen LogP contribution in [-0.4, -0.2) is 17.4 Å². The minimum atomic E-state index is 0.0759. The molecule has 0 spiro atoms. The van der Waals surface area contributed by atoms with Gasteiger partial charge in [-0.15, -0.1) is 0 Å². The van der Waals surface area contributed by atoms with E-state index in [-0.39, 0.29) is 11.3 Å². The maximum atomic E-state index is 12.4. The summed E-state index contributed by atoms with van der Waals surface area (Å²) in [5.41, 5.74) is 4.08. The molecule has 3 aromatic rings. The van der Waals surface area contributed by atoms with Crippen LogP contribution in [0.4, 0.5) is 0 Å². The zero-order valence-electron chi connectivity index (χ0n) is 17.5. The van der Waals surface area contributed by atoms with Gasteiger partial charge >= 0.3 is 0 Å². The Morgan fingerprint density at radius 1 is 0.933 bits per heavy atom. The molecule has 3 nitrogen and oxygen atoms in total. The van der Waals surface area contributed by atoms with E-state index in [9.17, 15) is 4.79 Å². The van der Waals surface area contributed by atoms with Crippen molar-refractivity contribution in [2.24, 2.45) is 5.92 Å². The fourth-order valence-electron chi connectivity index (χ4n) is 4.64. The summed E-state index contributed by atoms with van der Waals surface area (Å²) in [6.45, 7) is 0.756. The Kier molecular flexibility index (Phi) is 6.58. The van der Waals surface area contributed by atoms with Crippen LogP contribution in [0, 0.1) is 5.92 Å². The lowest BCUT2D eigenvalue weighted by Gasteiger charge is -2.19. The van der Waals surface area contributed by atoms with Gasteiger partial charge in [0.25, 0.3) is 0 Å². The molecule has 4 rings (SSSR count). The molecule has 0 unspecified atom stereocenters. The highest BCUT2D eigenvalue weighted by Crippen LogP contribution is 2.60. The molecule has 0 radical (unpaired) electrons. The molecule has 1 aliphatic rings. The average Bonchev–Trinajstić information content (AvgIpc) is 3.55. The third kappa shape index (κ3) is 4.79. The van der Waals surface area contributed by atoms with Crippen molar-refractivity contribution in [3.8, 4) is 0 Å². The molecular weight excluding hydrogens is 368 g/mol. The van der Waals surface area contributed by atoms with E-state index in [1.807, 2.05) is 12.3 Å². The summed E-state index contributed by atoms with van der Waals surface area (Å²) in [6.07, 6.45) is 9.47. The highest BCUT2D eigenvalue weighted by Gasteiger charge is 2.55. The quantitative estimate of drug-likeness (QED) is 0.471. The molecule has 1 N–H and O–H groups in total. The second kappa shape index (κ2) is 9.71. The predicted octanol–water partition coefficient (Wildman–Crippen LogP) is 5.31. The molecule has 0 saturated heterocycles. The molecule has 1 aliphatic carbocycles. The number of nitrogens with zero attached hydrogens (tertiary/aromatic N) is 1. The first-order valence-electron chi connectivity index (χ1n) is 11.1. The van der Waals surface area contributed by atoms with Gasteiger partial charge < -0.3 is 5.32 Å². The number of aryl methyl sites for hydroxylation is 1. The first-order chi connectivity index (χ1) is 14.8. The number of pyridine rings is 1. The third-order valence-corrected chi connectivity index (χ3v) is 6.34. The van der Waals surface area contributed by atoms with Gasteiger partial charge in [-0.25, -0.2) is 0 Å². The summed E-state index contributed by atoms with van der Waals surface area (Å²) < 4.78 is 0. The lowest BCUT2D eigenvalue weighted by Crippen LogP contribution is -2.24. The number of carbonyl (C=O) groups excluding carboxylic acids is 1. The third-order valence-electron chi connectivity index (χ3n) is 6.34. The van der Waals surface area contributed by atoms with Crippen molar-refractivity contribution >= 4 is 5.91 Å². The molecular formula is C27H30N2O. The van der Waals surface area contributed by atoms with E-state index in [0.717, 1.165) is 38.6 Å². The van der Waals surface area contributed by atoms with Crippen LogP contribution in [0.15, 0.2) is 85.2 Å². The van der Waals surface area contributed by atoms with Crippen LogP contribution in [0.25, 0.3) is 0 Å². The molecule has 0 bridgehead atoms. The molecule has 1 amide bonds. The van der Waals surface area contributed by atoms with Crippen molar-refractivity contribution in [2.45, 2.75) is 43.9 Å². The molecule has 1 aromatic heterocycles. The highest BCUT2D eigenvalue weighted by atomic mass is 16.1. The van der Waals surface area contributed by atoms with E-state index in [1.54, 1.807) is 6.20 Å². The van der Waals surface area contributed by atoms with Crippen LogP contribution in [-0.2, 0) is 16.6 Å². The van der Waals surface area contributed by atoms with Crippen molar-refractivity contribution in [3.63, 3.8) is 0 Å². The van der Waals surface area contributed by atoms with Crippen LogP contribution < -0.4 is 5.32 Å². The lowest BCUT2D eigenvalue weighted by molar-refractivity contribution is -0.121. The Morgan fingerprint density at radius 2 is 1.63 bits per heavy atom. The largest absolute Gasteiger partial charge is 0.356 e. The number of hydrogen-bond acceptors (Lipinski definition) is 2. The molecule has 30 heavy (non-hydrogen) atoms. The van der Waals surface area contributed by atoms with E-state index in [2.05, 4.69) is 77.0 Å². The first-order valence-corrected chi connectivity index (χ1v) is 11.1. The molecule has 1 heterocycles. The summed E-state index contributed by atoms with van der Waals surface area (Å²) in [5.74, 6) is 0.705. The molecule has 2 aromatic carbocycles. The van der Waals surface area contributed by atoms with E-state index in [1.165, 1.54) is 16.7 Å². The molecule has 154 valence electrons. The lowest BCUT2D eigenvalue weighted by atomic mass is 9.85. The maximum Gasteiger partial charge on any atom is 0.220 e. The van der Waals surface area contributed by atoms with Crippen LogP contribution in [0.5, 0.6) is 0 Å². The molecule has 1 atom stereocenters. The van der Waals surface area contributed by atoms with E-state index < -0.39 is 0 Å². The van der Waals surface area contributed by atoms with Crippen LogP contribution in [0.2, 0.25) is 0 Å². The van der Waals surface area contributed by atoms with Crippen LogP contribution in [0.3, 0.4) is 0 Å². The standard InChI is InChI=1S/C27H30N2O/c30-26(29-19-8-7-10-22-11-9-18-28-21-22)17-16-25-20-27(25,23-12-3-1-4-13-23)24-14-5-2-6-15-24/h1-6,9,11-15,18,21,25H,7-8,10,16-17,19-20H2,(H,29,30)/t25-/m0/s1. The Balaban J connectivity index is 1.24. The molecule has 0 aliphatic heterocycles. The van der Waals surface area contributed by atoms with Gasteiger partial charge in [0.2, 0.25) is 5.91 Å². The summed E-state index contributed by atoms with van der Waals surface area (Å²) in [6, 6.07) is 25.6. The normalized spacial score (nSPS) is 16.7. The molecule has 3 heteroatoms. The highest BCUT2D eigenvalue weighted by molar-refractivity contribution is 5.76. The number of aromatic nitrogens is 1. The topological polar surface area (TPSA) is 42.0 Å². The van der Waals surface area contributed by atoms with Gasteiger partial charge in [0.15, 0.2) is 0 Å². The fourth-order valence-corrected chi connectivity index (χ4v) is 4.64. The molecule has 1 saturated carbocycles. The Labute approximate surface area is 179 Å². The number of rotatable bonds is 10. The number of nitrogens with one attached hydrogen (secondary N) is 1. The SMILES string of the molecule is O=C(CC[C@H]1CC1(c1ccccc1)c1ccccc1)NCCCCc1cccnc1. The van der Waals surface area contributed by atoms with Crippen molar-refractivity contribution in [2.75, 3.05) is 6.54 Å². The van der Waals surface area contributed by atoms with Gasteiger partial charge in [-0.3, -0.25) is 9.78 Å². The molecule has 1 fully saturated rings. The van der Waals surface area contributed by atoms with Crippen LogP contribution in [0.1, 0.15) is 48.8 Å². The van der Waals surface area contributed by atoms with Crippen molar-refractivity contribution in [1.82, 2.24) is 10.3 Å². The average molecular weight is 399 g/mol. The van der Waals surface area contributed by atoms with Gasteiger partial charge in [-0.1, -0.05) is 66.7 Å². The maximum absolute atomic E-state index is 12.4. The number of amides is 1. The van der Waals surface area contributed by atoms with Gasteiger partial charge in [-0.2, -0.15) is 0 Å². The van der Waals surface area contributed by atoms with E-state index in [0.29, 0.717) is 12.3 Å². The monoisotopic (exact) mass is 398 g/mol. The number of carbonyl (C=O) groups is 1. The van der Waals surface area contributed by atoms with Crippen molar-refractivity contribution < 1.29 is 4.79 Å². The Bertz CT molecular complexity index is 885. The zero-order valence-corrected chi connectivity index (χ0v) is 17.5. The number of unbranched alkanes of at least 4 members (excludes halogenated alkanes) is 1. The fraction of sp³-hybridized carbons (Fsp3) is 0.333. The van der Waals surface area contributed by atoms with E-state index in [4.69, 9.17) is 0 Å². The second-order valence-corrected chi connectivity index (χ2v) is 8.31. The van der Waals surface area contributed by atoms with Crippen molar-refractivity contribution in [3.05, 3.63) is 102 Å². The van der Waals surface area contributed by atoms with Crippen molar-refractivity contribution in [1.29, 1.82) is 0 Å². The van der Waals surface area contributed by atoms with E-state index >= 15 is 0 Å². The Hall–Kier alpha value is -2.94. The summed E-state index contributed by atoms with van der Waals surface area (Å²) in [5, 5.41) is 3.10. The summed E-state index contributed by atoms with van der Waals surface area (Å²) in [4.78, 5) is 16.5. The zero-order chi connectivity index (χ0) is 20.7. The number of benzene rings is 2. The summed E-state index contributed by atoms with van der Waals surface area (Å²) >= 11 is 0. The predicted molar refractivity (Wildman–Crippen MR) is 121 cm³/mol. The van der Waals surface area contributed by atoms with Gasteiger partial charge in [-0.05, 0) is 60.8 Å².